The van der Waals surface area contributed by atoms with E-state index in [0.29, 0.717) is 6.42 Å². The summed E-state index contributed by atoms with van der Waals surface area (Å²) in [7, 11) is 0. The summed E-state index contributed by atoms with van der Waals surface area (Å²) in [6.07, 6.45) is 2.26. The average Bonchev–Trinajstić information content (AvgIpc) is 2.35. The van der Waals surface area contributed by atoms with Gasteiger partial charge in [-0.05, 0) is 42.3 Å². The second kappa shape index (κ2) is 5.38. The van der Waals surface area contributed by atoms with Gasteiger partial charge in [-0.3, -0.25) is 4.98 Å². The van der Waals surface area contributed by atoms with Crippen molar-refractivity contribution in [2.75, 3.05) is 0 Å². The SMILES string of the molecule is NC(Cc1cc(F)ccc1Br)c1ccccn1. The fraction of sp³-hybridized carbons (Fsp3) is 0.154. The highest BCUT2D eigenvalue weighted by Gasteiger charge is 2.10. The minimum absolute atomic E-state index is 0.228. The number of halogens is 2. The maximum absolute atomic E-state index is 13.1. The third-order valence-electron chi connectivity index (χ3n) is 2.52. The number of pyridine rings is 1. The molecule has 0 aliphatic heterocycles. The fourth-order valence-corrected chi connectivity index (χ4v) is 2.05. The second-order valence-corrected chi connectivity index (χ2v) is 4.66. The van der Waals surface area contributed by atoms with Crippen molar-refractivity contribution in [3.8, 4) is 0 Å². The van der Waals surface area contributed by atoms with Crippen LogP contribution in [0.3, 0.4) is 0 Å². The van der Waals surface area contributed by atoms with Gasteiger partial charge < -0.3 is 5.73 Å². The van der Waals surface area contributed by atoms with Gasteiger partial charge in [0.1, 0.15) is 5.82 Å². The van der Waals surface area contributed by atoms with Crippen molar-refractivity contribution in [3.63, 3.8) is 0 Å². The average molecular weight is 295 g/mol. The van der Waals surface area contributed by atoms with Gasteiger partial charge in [0.05, 0.1) is 11.7 Å². The Kier molecular flexibility index (Phi) is 3.86. The highest BCUT2D eigenvalue weighted by atomic mass is 79.9. The molecule has 0 fully saturated rings. The molecule has 0 saturated heterocycles. The van der Waals surface area contributed by atoms with E-state index in [1.165, 1.54) is 12.1 Å². The van der Waals surface area contributed by atoms with Crippen LogP contribution in [0.25, 0.3) is 0 Å². The first kappa shape index (κ1) is 12.2. The van der Waals surface area contributed by atoms with Gasteiger partial charge in [-0.1, -0.05) is 22.0 Å². The molecule has 1 aromatic carbocycles. The molecule has 0 bridgehead atoms. The first-order chi connectivity index (χ1) is 8.16. The Bertz CT molecular complexity index is 502. The Morgan fingerprint density at radius 1 is 1.29 bits per heavy atom. The summed E-state index contributed by atoms with van der Waals surface area (Å²) in [4.78, 5) is 4.19. The molecule has 1 aromatic heterocycles. The lowest BCUT2D eigenvalue weighted by Crippen LogP contribution is -2.15. The zero-order chi connectivity index (χ0) is 12.3. The summed E-state index contributed by atoms with van der Waals surface area (Å²) in [6, 6.07) is 9.98. The summed E-state index contributed by atoms with van der Waals surface area (Å²) in [5.41, 5.74) is 7.70. The number of hydrogen-bond acceptors (Lipinski definition) is 2. The van der Waals surface area contributed by atoms with E-state index < -0.39 is 0 Å². The second-order valence-electron chi connectivity index (χ2n) is 3.80. The lowest BCUT2D eigenvalue weighted by atomic mass is 10.0. The molecule has 2 aromatic rings. The van der Waals surface area contributed by atoms with E-state index in [2.05, 4.69) is 20.9 Å². The normalized spacial score (nSPS) is 12.4. The topological polar surface area (TPSA) is 38.9 Å². The van der Waals surface area contributed by atoms with Crippen LogP contribution in [0.5, 0.6) is 0 Å². The predicted molar refractivity (Wildman–Crippen MR) is 69.0 cm³/mol. The van der Waals surface area contributed by atoms with E-state index in [9.17, 15) is 4.39 Å². The molecule has 0 aliphatic rings. The smallest absolute Gasteiger partial charge is 0.123 e. The van der Waals surface area contributed by atoms with Crippen LogP contribution in [0, 0.1) is 5.82 Å². The summed E-state index contributed by atoms with van der Waals surface area (Å²) < 4.78 is 14.0. The lowest BCUT2D eigenvalue weighted by molar-refractivity contribution is 0.620. The van der Waals surface area contributed by atoms with E-state index >= 15 is 0 Å². The summed E-state index contributed by atoms with van der Waals surface area (Å²) >= 11 is 3.39. The van der Waals surface area contributed by atoms with Gasteiger partial charge >= 0.3 is 0 Å². The maximum atomic E-state index is 13.1. The molecule has 1 unspecified atom stereocenters. The summed E-state index contributed by atoms with van der Waals surface area (Å²) in [6.45, 7) is 0. The quantitative estimate of drug-likeness (QED) is 0.944. The first-order valence-corrected chi connectivity index (χ1v) is 6.06. The van der Waals surface area contributed by atoms with Crippen LogP contribution in [-0.4, -0.2) is 4.98 Å². The van der Waals surface area contributed by atoms with E-state index in [4.69, 9.17) is 5.73 Å². The van der Waals surface area contributed by atoms with Gasteiger partial charge in [0, 0.05) is 10.7 Å². The zero-order valence-corrected chi connectivity index (χ0v) is 10.7. The van der Waals surface area contributed by atoms with Gasteiger partial charge in [0.2, 0.25) is 0 Å². The molecular formula is C13H12BrFN2. The Morgan fingerprint density at radius 3 is 2.82 bits per heavy atom. The Balaban J connectivity index is 2.18. The number of rotatable bonds is 3. The molecule has 2 rings (SSSR count). The number of benzene rings is 1. The summed E-state index contributed by atoms with van der Waals surface area (Å²) in [5, 5.41) is 0. The van der Waals surface area contributed by atoms with Crippen molar-refractivity contribution < 1.29 is 4.39 Å². The molecule has 0 spiro atoms. The molecule has 88 valence electrons. The van der Waals surface area contributed by atoms with Crippen molar-refractivity contribution in [2.45, 2.75) is 12.5 Å². The van der Waals surface area contributed by atoms with Gasteiger partial charge in [0.25, 0.3) is 0 Å². The minimum atomic E-state index is -0.253. The summed E-state index contributed by atoms with van der Waals surface area (Å²) in [5.74, 6) is -0.253. The molecule has 17 heavy (non-hydrogen) atoms. The van der Waals surface area contributed by atoms with Gasteiger partial charge in [-0.15, -0.1) is 0 Å². The van der Waals surface area contributed by atoms with Crippen molar-refractivity contribution in [2.24, 2.45) is 5.73 Å². The van der Waals surface area contributed by atoms with E-state index in [-0.39, 0.29) is 11.9 Å². The third-order valence-corrected chi connectivity index (χ3v) is 3.29. The van der Waals surface area contributed by atoms with Crippen LogP contribution >= 0.6 is 15.9 Å². The van der Waals surface area contributed by atoms with Crippen LogP contribution < -0.4 is 5.73 Å². The monoisotopic (exact) mass is 294 g/mol. The van der Waals surface area contributed by atoms with Gasteiger partial charge in [0.15, 0.2) is 0 Å². The van der Waals surface area contributed by atoms with E-state index in [1.54, 1.807) is 12.3 Å². The highest BCUT2D eigenvalue weighted by Crippen LogP contribution is 2.22. The highest BCUT2D eigenvalue weighted by molar-refractivity contribution is 9.10. The molecule has 0 amide bonds. The third kappa shape index (κ3) is 3.11. The molecule has 0 saturated carbocycles. The molecule has 0 radical (unpaired) electrons. The van der Waals surface area contributed by atoms with Gasteiger partial charge in [-0.25, -0.2) is 4.39 Å². The zero-order valence-electron chi connectivity index (χ0n) is 9.11. The van der Waals surface area contributed by atoms with Gasteiger partial charge in [-0.2, -0.15) is 0 Å². The number of nitrogens with zero attached hydrogens (tertiary/aromatic N) is 1. The standard InChI is InChI=1S/C13H12BrFN2/c14-11-5-4-10(15)7-9(11)8-12(16)13-3-1-2-6-17-13/h1-7,12H,8,16H2. The van der Waals surface area contributed by atoms with Crippen LogP contribution in [0.2, 0.25) is 0 Å². The van der Waals surface area contributed by atoms with Crippen LogP contribution in [0.1, 0.15) is 17.3 Å². The number of nitrogens with two attached hydrogens (primary N) is 1. The molecule has 4 heteroatoms. The van der Waals surface area contributed by atoms with Crippen LogP contribution in [0.4, 0.5) is 4.39 Å². The molecule has 2 N–H and O–H groups in total. The van der Waals surface area contributed by atoms with Crippen LogP contribution in [0.15, 0.2) is 47.1 Å². The Hall–Kier alpha value is -1.26. The minimum Gasteiger partial charge on any atom is -0.322 e. The van der Waals surface area contributed by atoms with E-state index in [1.807, 2.05) is 18.2 Å². The molecular weight excluding hydrogens is 283 g/mol. The van der Waals surface area contributed by atoms with Crippen molar-refractivity contribution in [3.05, 3.63) is 64.1 Å². The number of aromatic nitrogens is 1. The van der Waals surface area contributed by atoms with Crippen LogP contribution in [-0.2, 0) is 6.42 Å². The van der Waals surface area contributed by atoms with E-state index in [0.717, 1.165) is 15.7 Å². The largest absolute Gasteiger partial charge is 0.322 e. The van der Waals surface area contributed by atoms with Crippen molar-refractivity contribution >= 4 is 15.9 Å². The lowest BCUT2D eigenvalue weighted by Gasteiger charge is -2.12. The Labute approximate surface area is 108 Å². The first-order valence-electron chi connectivity index (χ1n) is 5.27. The maximum Gasteiger partial charge on any atom is 0.123 e. The molecule has 1 heterocycles. The molecule has 1 atom stereocenters. The van der Waals surface area contributed by atoms with Crippen molar-refractivity contribution in [1.82, 2.24) is 4.98 Å². The predicted octanol–water partition coefficient (Wildman–Crippen LogP) is 3.23. The number of hydrogen-bond donors (Lipinski definition) is 1. The van der Waals surface area contributed by atoms with Crippen molar-refractivity contribution in [1.29, 1.82) is 0 Å². The fourth-order valence-electron chi connectivity index (χ4n) is 1.64. The molecule has 2 nitrogen and oxygen atoms in total. The Morgan fingerprint density at radius 2 is 2.12 bits per heavy atom. The molecule has 0 aliphatic carbocycles.